The van der Waals surface area contributed by atoms with Crippen molar-refractivity contribution in [1.29, 1.82) is 5.26 Å². The number of fused-ring (bicyclic) bond motifs is 1. The first-order chi connectivity index (χ1) is 13.2. The Balaban J connectivity index is 1.70. The van der Waals surface area contributed by atoms with Gasteiger partial charge in [0.05, 0.1) is 17.5 Å². The predicted octanol–water partition coefficient (Wildman–Crippen LogP) is 1.88. The summed E-state index contributed by atoms with van der Waals surface area (Å²) in [5, 5.41) is 9.71. The van der Waals surface area contributed by atoms with Crippen molar-refractivity contribution in [2.24, 2.45) is 0 Å². The number of nitrogens with zero attached hydrogens (tertiary/aromatic N) is 5. The smallest absolute Gasteiger partial charge is 0.244 e. The van der Waals surface area contributed by atoms with E-state index in [1.54, 1.807) is 45.9 Å². The van der Waals surface area contributed by atoms with Gasteiger partial charge in [-0.2, -0.15) is 5.26 Å². The van der Waals surface area contributed by atoms with Gasteiger partial charge in [0, 0.05) is 41.4 Å². The van der Waals surface area contributed by atoms with E-state index < -0.39 is 6.04 Å². The van der Waals surface area contributed by atoms with E-state index in [4.69, 9.17) is 0 Å². The van der Waals surface area contributed by atoms with Gasteiger partial charge in [-0.1, -0.05) is 6.07 Å². The van der Waals surface area contributed by atoms with Gasteiger partial charge in [-0.3, -0.25) is 9.59 Å². The van der Waals surface area contributed by atoms with E-state index in [-0.39, 0.29) is 17.9 Å². The van der Waals surface area contributed by atoms with E-state index in [2.05, 4.69) is 16.0 Å². The molecule has 0 saturated carbocycles. The number of amides is 1. The minimum absolute atomic E-state index is 0.0866. The van der Waals surface area contributed by atoms with Gasteiger partial charge in [0.25, 0.3) is 0 Å². The van der Waals surface area contributed by atoms with Crippen molar-refractivity contribution in [2.45, 2.75) is 12.6 Å². The second-order valence-corrected chi connectivity index (χ2v) is 7.18. The minimum atomic E-state index is -0.391. The van der Waals surface area contributed by atoms with Gasteiger partial charge in [0.2, 0.25) is 5.91 Å². The lowest BCUT2D eigenvalue weighted by atomic mass is 10.1. The third kappa shape index (κ3) is 3.29. The number of aromatic nitrogens is 3. The zero-order valence-corrected chi connectivity index (χ0v) is 15.1. The minimum Gasteiger partial charge on any atom is -0.338 e. The first-order valence-corrected chi connectivity index (χ1v) is 9.48. The number of hydrogen-bond donors (Lipinski definition) is 0. The van der Waals surface area contributed by atoms with E-state index in [1.807, 2.05) is 12.1 Å². The third-order valence-corrected chi connectivity index (χ3v) is 5.54. The molecule has 7 nitrogen and oxygen atoms in total. The Morgan fingerprint density at radius 1 is 1.26 bits per heavy atom. The number of nitriles is 1. The SMILES string of the molecule is N#CC1CSCN1C(=O)Cn1ccc(=O)c2cc(-c3cncnc3)ccc21. The molecule has 0 aliphatic carbocycles. The number of hydrogen-bond acceptors (Lipinski definition) is 6. The molecule has 1 atom stereocenters. The molecular weight excluding hydrogens is 362 g/mol. The van der Waals surface area contributed by atoms with Crippen molar-refractivity contribution in [1.82, 2.24) is 19.4 Å². The average molecular weight is 377 g/mol. The maximum Gasteiger partial charge on any atom is 0.244 e. The summed E-state index contributed by atoms with van der Waals surface area (Å²) in [6, 6.07) is 8.73. The van der Waals surface area contributed by atoms with E-state index in [1.165, 1.54) is 12.4 Å². The Kier molecular flexibility index (Phi) is 4.60. The zero-order chi connectivity index (χ0) is 18.8. The Labute approximate surface area is 159 Å². The number of benzene rings is 1. The highest BCUT2D eigenvalue weighted by Crippen LogP contribution is 2.23. The Bertz CT molecular complexity index is 1110. The van der Waals surface area contributed by atoms with Crippen LogP contribution in [0.1, 0.15) is 0 Å². The van der Waals surface area contributed by atoms with Gasteiger partial charge in [-0.15, -0.1) is 11.8 Å². The van der Waals surface area contributed by atoms with Crippen LogP contribution in [-0.2, 0) is 11.3 Å². The summed E-state index contributed by atoms with van der Waals surface area (Å²) in [7, 11) is 0. The molecule has 0 bridgehead atoms. The molecule has 1 fully saturated rings. The summed E-state index contributed by atoms with van der Waals surface area (Å²) in [6.07, 6.45) is 6.45. The molecule has 4 rings (SSSR count). The topological polar surface area (TPSA) is 91.9 Å². The first kappa shape index (κ1) is 17.2. The van der Waals surface area contributed by atoms with Gasteiger partial charge in [0.1, 0.15) is 18.9 Å². The van der Waals surface area contributed by atoms with Crippen molar-refractivity contribution in [3.63, 3.8) is 0 Å². The third-order valence-electron chi connectivity index (χ3n) is 4.53. The fraction of sp³-hybridized carbons (Fsp3) is 0.211. The molecule has 3 heterocycles. The zero-order valence-electron chi connectivity index (χ0n) is 14.3. The molecule has 1 aliphatic heterocycles. The van der Waals surface area contributed by atoms with Gasteiger partial charge in [0.15, 0.2) is 5.43 Å². The highest BCUT2D eigenvalue weighted by atomic mass is 32.2. The highest BCUT2D eigenvalue weighted by Gasteiger charge is 2.29. The van der Waals surface area contributed by atoms with Gasteiger partial charge in [-0.05, 0) is 17.7 Å². The van der Waals surface area contributed by atoms with Gasteiger partial charge in [-0.25, -0.2) is 9.97 Å². The monoisotopic (exact) mass is 377 g/mol. The second-order valence-electron chi connectivity index (χ2n) is 6.18. The van der Waals surface area contributed by atoms with Crippen molar-refractivity contribution < 1.29 is 4.79 Å². The lowest BCUT2D eigenvalue weighted by Gasteiger charge is -2.20. The number of rotatable bonds is 3. The largest absolute Gasteiger partial charge is 0.338 e. The molecule has 1 aromatic carbocycles. The maximum atomic E-state index is 12.6. The van der Waals surface area contributed by atoms with Crippen molar-refractivity contribution in [3.8, 4) is 17.2 Å². The van der Waals surface area contributed by atoms with Crippen molar-refractivity contribution in [2.75, 3.05) is 11.6 Å². The van der Waals surface area contributed by atoms with E-state index in [9.17, 15) is 14.9 Å². The van der Waals surface area contributed by atoms with E-state index in [0.717, 1.165) is 11.1 Å². The van der Waals surface area contributed by atoms with E-state index >= 15 is 0 Å². The summed E-state index contributed by atoms with van der Waals surface area (Å²) in [5.74, 6) is 1.03. The van der Waals surface area contributed by atoms with Crippen molar-refractivity contribution in [3.05, 3.63) is 59.4 Å². The summed E-state index contributed by atoms with van der Waals surface area (Å²) in [4.78, 5) is 34.6. The molecule has 1 unspecified atom stereocenters. The Hall–Kier alpha value is -3.18. The van der Waals surface area contributed by atoms with Crippen LogP contribution in [0.25, 0.3) is 22.0 Å². The van der Waals surface area contributed by atoms with Crippen LogP contribution in [0, 0.1) is 11.3 Å². The summed E-state index contributed by atoms with van der Waals surface area (Å²) >= 11 is 1.57. The molecule has 1 amide bonds. The lowest BCUT2D eigenvalue weighted by molar-refractivity contribution is -0.131. The number of carbonyl (C=O) groups excluding carboxylic acids is 1. The van der Waals surface area contributed by atoms with Crippen LogP contribution in [0.3, 0.4) is 0 Å². The van der Waals surface area contributed by atoms with E-state index in [0.29, 0.717) is 22.5 Å². The van der Waals surface area contributed by atoms with Crippen LogP contribution in [0.15, 0.2) is 54.0 Å². The molecule has 134 valence electrons. The van der Waals surface area contributed by atoms with Crippen LogP contribution >= 0.6 is 11.8 Å². The Morgan fingerprint density at radius 3 is 2.85 bits per heavy atom. The summed E-state index contributed by atoms with van der Waals surface area (Å²) in [5.41, 5.74) is 2.22. The molecule has 0 spiro atoms. The van der Waals surface area contributed by atoms with Crippen LogP contribution in [0.2, 0.25) is 0 Å². The number of thioether (sulfide) groups is 1. The molecule has 0 N–H and O–H groups in total. The van der Waals surface area contributed by atoms with Crippen LogP contribution in [0.4, 0.5) is 0 Å². The predicted molar refractivity (Wildman–Crippen MR) is 103 cm³/mol. The van der Waals surface area contributed by atoms with Gasteiger partial charge >= 0.3 is 0 Å². The quantitative estimate of drug-likeness (QED) is 0.692. The van der Waals surface area contributed by atoms with Crippen LogP contribution in [-0.4, -0.2) is 43.0 Å². The maximum absolute atomic E-state index is 12.6. The van der Waals surface area contributed by atoms with Crippen LogP contribution < -0.4 is 5.43 Å². The highest BCUT2D eigenvalue weighted by molar-refractivity contribution is 7.99. The first-order valence-electron chi connectivity index (χ1n) is 8.33. The molecule has 27 heavy (non-hydrogen) atoms. The fourth-order valence-electron chi connectivity index (χ4n) is 3.11. The summed E-state index contributed by atoms with van der Waals surface area (Å²) in [6.45, 7) is 0.0866. The fourth-order valence-corrected chi connectivity index (χ4v) is 4.21. The number of pyridine rings is 1. The molecule has 3 aromatic rings. The molecule has 1 aliphatic rings. The normalized spacial score (nSPS) is 16.4. The molecular formula is C19H15N5O2S. The van der Waals surface area contributed by atoms with Crippen LogP contribution in [0.5, 0.6) is 0 Å². The lowest BCUT2D eigenvalue weighted by Crippen LogP contribution is -2.37. The average Bonchev–Trinajstić information content (AvgIpc) is 3.19. The van der Waals surface area contributed by atoms with Gasteiger partial charge < -0.3 is 9.47 Å². The molecule has 1 saturated heterocycles. The molecule has 8 heteroatoms. The number of carbonyl (C=O) groups is 1. The molecule has 0 radical (unpaired) electrons. The molecule has 2 aromatic heterocycles. The second kappa shape index (κ2) is 7.21. The van der Waals surface area contributed by atoms with Crippen molar-refractivity contribution >= 4 is 28.6 Å². The standard InChI is InChI=1S/C19H15N5O2S/c20-6-15-10-27-12-24(15)19(26)9-23-4-3-18(25)16-5-13(1-2-17(16)23)14-7-21-11-22-8-14/h1-5,7-8,11,15H,9-10,12H2. The summed E-state index contributed by atoms with van der Waals surface area (Å²) < 4.78 is 1.75. The Morgan fingerprint density at radius 2 is 2.07 bits per heavy atom.